The summed E-state index contributed by atoms with van der Waals surface area (Å²) in [6, 6.07) is 17.4. The molecule has 0 amide bonds. The van der Waals surface area contributed by atoms with Gasteiger partial charge in [-0.2, -0.15) is 0 Å². The molecule has 4 aromatic rings. The number of rotatable bonds is 7. The zero-order chi connectivity index (χ0) is 22.0. The van der Waals surface area contributed by atoms with Crippen molar-refractivity contribution in [3.8, 4) is 11.5 Å². The Morgan fingerprint density at radius 3 is 2.19 bits per heavy atom. The van der Waals surface area contributed by atoms with Crippen molar-refractivity contribution in [1.29, 1.82) is 0 Å². The first-order chi connectivity index (χ1) is 14.9. The molecule has 6 nitrogen and oxygen atoms in total. The highest BCUT2D eigenvalue weighted by atomic mass is 35.5. The van der Waals surface area contributed by atoms with Crippen LogP contribution in [-0.4, -0.2) is 29.0 Å². The SMILES string of the molecule is NC(CO)(CO)CCc1ccc2oc3ccc(Oc4ccc(Cl)cc4)cc3c(=O)c2c1. The minimum atomic E-state index is -1.06. The van der Waals surface area contributed by atoms with Crippen molar-refractivity contribution < 1.29 is 19.4 Å². The van der Waals surface area contributed by atoms with Gasteiger partial charge in [0.1, 0.15) is 22.7 Å². The van der Waals surface area contributed by atoms with Crippen LogP contribution < -0.4 is 15.9 Å². The maximum Gasteiger partial charge on any atom is 0.200 e. The van der Waals surface area contributed by atoms with Gasteiger partial charge in [-0.25, -0.2) is 0 Å². The summed E-state index contributed by atoms with van der Waals surface area (Å²) in [5.74, 6) is 1.12. The molecule has 4 N–H and O–H groups in total. The number of ether oxygens (including phenoxy) is 1. The number of aryl methyl sites for hydroxylation is 1. The Kier molecular flexibility index (Phi) is 5.98. The van der Waals surface area contributed by atoms with Crippen LogP contribution >= 0.6 is 11.6 Å². The molecule has 0 saturated heterocycles. The molecule has 0 spiro atoms. The summed E-state index contributed by atoms with van der Waals surface area (Å²) in [5.41, 5.74) is 6.54. The van der Waals surface area contributed by atoms with Crippen LogP contribution in [0.1, 0.15) is 12.0 Å². The molecule has 0 bridgehead atoms. The van der Waals surface area contributed by atoms with Crippen molar-refractivity contribution in [2.24, 2.45) is 5.73 Å². The summed E-state index contributed by atoms with van der Waals surface area (Å²) in [7, 11) is 0. The quantitative estimate of drug-likeness (QED) is 0.376. The summed E-state index contributed by atoms with van der Waals surface area (Å²) < 4.78 is 11.7. The number of halogens is 1. The molecule has 0 fully saturated rings. The lowest BCUT2D eigenvalue weighted by Crippen LogP contribution is -2.47. The fourth-order valence-electron chi connectivity index (χ4n) is 3.34. The van der Waals surface area contributed by atoms with Gasteiger partial charge in [0.25, 0.3) is 0 Å². The highest BCUT2D eigenvalue weighted by molar-refractivity contribution is 6.30. The zero-order valence-corrected chi connectivity index (χ0v) is 17.4. The van der Waals surface area contributed by atoms with E-state index in [9.17, 15) is 15.0 Å². The summed E-state index contributed by atoms with van der Waals surface area (Å²) in [4.78, 5) is 13.2. The lowest BCUT2D eigenvalue weighted by atomic mass is 9.93. The first-order valence-electron chi connectivity index (χ1n) is 9.84. The zero-order valence-electron chi connectivity index (χ0n) is 16.7. The van der Waals surface area contributed by atoms with Gasteiger partial charge in [0.2, 0.25) is 5.43 Å². The highest BCUT2D eigenvalue weighted by Gasteiger charge is 2.22. The Morgan fingerprint density at radius 2 is 1.52 bits per heavy atom. The van der Waals surface area contributed by atoms with Crippen molar-refractivity contribution in [3.05, 3.63) is 81.5 Å². The molecular formula is C24H22ClNO5. The number of aliphatic hydroxyl groups is 2. The smallest absolute Gasteiger partial charge is 0.200 e. The summed E-state index contributed by atoms with van der Waals surface area (Å²) in [6.45, 7) is -0.638. The third-order valence-electron chi connectivity index (χ3n) is 5.29. The molecule has 0 atom stereocenters. The third-order valence-corrected chi connectivity index (χ3v) is 5.55. The van der Waals surface area contributed by atoms with E-state index < -0.39 is 5.54 Å². The van der Waals surface area contributed by atoms with Crippen molar-refractivity contribution in [3.63, 3.8) is 0 Å². The van der Waals surface area contributed by atoms with Crippen LogP contribution in [0.5, 0.6) is 11.5 Å². The van der Waals surface area contributed by atoms with Gasteiger partial charge in [-0.05, 0) is 73.0 Å². The lowest BCUT2D eigenvalue weighted by molar-refractivity contribution is 0.115. The van der Waals surface area contributed by atoms with E-state index in [4.69, 9.17) is 26.5 Å². The Bertz CT molecular complexity index is 1280. The minimum Gasteiger partial charge on any atom is -0.457 e. The molecule has 1 heterocycles. The van der Waals surface area contributed by atoms with Crippen molar-refractivity contribution >= 4 is 33.5 Å². The molecule has 0 aliphatic carbocycles. The molecule has 0 saturated carbocycles. The second-order valence-corrected chi connectivity index (χ2v) is 8.09. The van der Waals surface area contributed by atoms with Crippen molar-refractivity contribution in [1.82, 2.24) is 0 Å². The van der Waals surface area contributed by atoms with Crippen LogP contribution in [0.15, 0.2) is 69.9 Å². The summed E-state index contributed by atoms with van der Waals surface area (Å²) in [5, 5.41) is 20.2. The van der Waals surface area contributed by atoms with E-state index >= 15 is 0 Å². The molecule has 0 radical (unpaired) electrons. The average Bonchev–Trinajstić information content (AvgIpc) is 2.80. The maximum atomic E-state index is 13.2. The molecule has 31 heavy (non-hydrogen) atoms. The Morgan fingerprint density at radius 1 is 0.903 bits per heavy atom. The van der Waals surface area contributed by atoms with E-state index in [1.165, 1.54) is 0 Å². The van der Waals surface area contributed by atoms with Gasteiger partial charge >= 0.3 is 0 Å². The monoisotopic (exact) mass is 439 g/mol. The molecule has 4 rings (SSSR count). The van der Waals surface area contributed by atoms with Crippen LogP contribution in [0.25, 0.3) is 21.9 Å². The lowest BCUT2D eigenvalue weighted by Gasteiger charge is -2.24. The summed E-state index contributed by atoms with van der Waals surface area (Å²) in [6.07, 6.45) is 0.883. The first kappa shape index (κ1) is 21.3. The van der Waals surface area contributed by atoms with Crippen LogP contribution in [0.4, 0.5) is 0 Å². The highest BCUT2D eigenvalue weighted by Crippen LogP contribution is 2.27. The second-order valence-electron chi connectivity index (χ2n) is 7.65. The van der Waals surface area contributed by atoms with Gasteiger partial charge in [0.05, 0.1) is 29.5 Å². The topological polar surface area (TPSA) is 106 Å². The molecule has 3 aromatic carbocycles. The number of aliphatic hydroxyl groups excluding tert-OH is 2. The van der Waals surface area contributed by atoms with Crippen molar-refractivity contribution in [2.45, 2.75) is 18.4 Å². The maximum absolute atomic E-state index is 13.2. The van der Waals surface area contributed by atoms with Crippen molar-refractivity contribution in [2.75, 3.05) is 13.2 Å². The largest absolute Gasteiger partial charge is 0.457 e. The number of fused-ring (bicyclic) bond motifs is 2. The van der Waals surface area contributed by atoms with Gasteiger partial charge in [0.15, 0.2) is 0 Å². The van der Waals surface area contributed by atoms with Crippen LogP contribution in [0, 0.1) is 0 Å². The molecular weight excluding hydrogens is 418 g/mol. The Hall–Kier alpha value is -2.90. The van der Waals surface area contributed by atoms with E-state index in [-0.39, 0.29) is 18.6 Å². The number of hydrogen-bond acceptors (Lipinski definition) is 6. The number of benzene rings is 3. The second kappa shape index (κ2) is 8.69. The summed E-state index contributed by atoms with van der Waals surface area (Å²) >= 11 is 5.90. The number of hydrogen-bond donors (Lipinski definition) is 3. The fourth-order valence-corrected chi connectivity index (χ4v) is 3.47. The van der Waals surface area contributed by atoms with Gasteiger partial charge in [-0.3, -0.25) is 4.79 Å². The predicted octanol–water partition coefficient (Wildman–Crippen LogP) is 4.01. The average molecular weight is 440 g/mol. The molecule has 1 aromatic heterocycles. The van der Waals surface area contributed by atoms with E-state index in [0.29, 0.717) is 51.3 Å². The molecule has 0 aliphatic rings. The molecule has 0 aliphatic heterocycles. The normalized spacial score (nSPS) is 11.9. The predicted molar refractivity (Wildman–Crippen MR) is 121 cm³/mol. The van der Waals surface area contributed by atoms with E-state index in [2.05, 4.69) is 0 Å². The van der Waals surface area contributed by atoms with Crippen LogP contribution in [-0.2, 0) is 6.42 Å². The number of nitrogens with two attached hydrogens (primary N) is 1. The van der Waals surface area contributed by atoms with Crippen LogP contribution in [0.2, 0.25) is 5.02 Å². The Labute approximate surface area is 183 Å². The van der Waals surface area contributed by atoms with Gasteiger partial charge < -0.3 is 25.1 Å². The van der Waals surface area contributed by atoms with Gasteiger partial charge in [0, 0.05) is 5.02 Å². The minimum absolute atomic E-state index is 0.164. The standard InChI is InChI=1S/C24H22ClNO5/c25-16-2-4-17(5-3-16)30-18-6-8-22-20(12-18)23(29)19-11-15(1-7-21(19)31-22)9-10-24(26,13-27)14-28/h1-8,11-12,27-28H,9-10,13-14,26H2. The van der Waals surface area contributed by atoms with E-state index in [0.717, 1.165) is 5.56 Å². The van der Waals surface area contributed by atoms with E-state index in [1.807, 2.05) is 6.07 Å². The van der Waals surface area contributed by atoms with Gasteiger partial charge in [-0.1, -0.05) is 17.7 Å². The molecule has 0 unspecified atom stereocenters. The molecule has 160 valence electrons. The Balaban J connectivity index is 1.68. The fraction of sp³-hybridized carbons (Fsp3) is 0.208. The third kappa shape index (κ3) is 4.57. The van der Waals surface area contributed by atoms with E-state index in [1.54, 1.807) is 54.6 Å². The molecule has 7 heteroatoms. The first-order valence-corrected chi connectivity index (χ1v) is 10.2. The van der Waals surface area contributed by atoms with Crippen LogP contribution in [0.3, 0.4) is 0 Å². The van der Waals surface area contributed by atoms with Gasteiger partial charge in [-0.15, -0.1) is 0 Å².